The van der Waals surface area contributed by atoms with Crippen molar-refractivity contribution in [2.45, 2.75) is 25.3 Å². The van der Waals surface area contributed by atoms with Crippen molar-refractivity contribution in [1.82, 2.24) is 19.8 Å². The SMILES string of the molecule is Cc1noc(C)c1S(=O)(=O)NCc1nc2ccccc2[nH]1. The van der Waals surface area contributed by atoms with Crippen LogP contribution in [-0.4, -0.2) is 23.5 Å². The summed E-state index contributed by atoms with van der Waals surface area (Å²) in [5, 5.41) is 3.65. The third-order valence-electron chi connectivity index (χ3n) is 3.10. The molecule has 0 aliphatic heterocycles. The first-order valence-corrected chi connectivity index (χ1v) is 7.82. The molecule has 2 N–H and O–H groups in total. The van der Waals surface area contributed by atoms with E-state index in [1.54, 1.807) is 13.8 Å². The first kappa shape index (κ1) is 13.8. The van der Waals surface area contributed by atoms with Gasteiger partial charge in [0, 0.05) is 0 Å². The van der Waals surface area contributed by atoms with E-state index in [2.05, 4.69) is 19.8 Å². The van der Waals surface area contributed by atoms with Crippen LogP contribution in [0.5, 0.6) is 0 Å². The molecule has 110 valence electrons. The molecule has 0 saturated carbocycles. The Kier molecular flexibility index (Phi) is 3.26. The Labute approximate surface area is 121 Å². The Hall–Kier alpha value is -2.19. The summed E-state index contributed by atoms with van der Waals surface area (Å²) in [6, 6.07) is 7.51. The Morgan fingerprint density at radius 2 is 2.05 bits per heavy atom. The van der Waals surface area contributed by atoms with Crippen molar-refractivity contribution >= 4 is 21.1 Å². The van der Waals surface area contributed by atoms with E-state index in [0.717, 1.165) is 11.0 Å². The fourth-order valence-electron chi connectivity index (χ4n) is 2.18. The number of aromatic amines is 1. The summed E-state index contributed by atoms with van der Waals surface area (Å²) in [4.78, 5) is 7.47. The van der Waals surface area contributed by atoms with E-state index in [1.165, 1.54) is 0 Å². The number of fused-ring (bicyclic) bond motifs is 1. The summed E-state index contributed by atoms with van der Waals surface area (Å²) in [6.07, 6.45) is 0. The summed E-state index contributed by atoms with van der Waals surface area (Å²) in [5.74, 6) is 0.816. The predicted molar refractivity (Wildman–Crippen MR) is 76.1 cm³/mol. The van der Waals surface area contributed by atoms with Crippen LogP contribution >= 0.6 is 0 Å². The number of H-pyrrole nitrogens is 1. The maximum atomic E-state index is 12.3. The number of nitrogens with zero attached hydrogens (tertiary/aromatic N) is 2. The number of aryl methyl sites for hydroxylation is 2. The summed E-state index contributed by atoms with van der Waals surface area (Å²) in [7, 11) is -3.68. The topological polar surface area (TPSA) is 101 Å². The van der Waals surface area contributed by atoms with E-state index in [-0.39, 0.29) is 17.2 Å². The molecule has 2 heterocycles. The molecule has 3 rings (SSSR count). The molecule has 3 aromatic rings. The van der Waals surface area contributed by atoms with Gasteiger partial charge in [-0.05, 0) is 26.0 Å². The van der Waals surface area contributed by atoms with E-state index in [4.69, 9.17) is 4.52 Å². The second kappa shape index (κ2) is 4.97. The number of nitrogens with one attached hydrogen (secondary N) is 2. The molecule has 7 nitrogen and oxygen atoms in total. The number of imidazole rings is 1. The van der Waals surface area contributed by atoms with Gasteiger partial charge in [0.2, 0.25) is 10.0 Å². The highest BCUT2D eigenvalue weighted by molar-refractivity contribution is 7.89. The van der Waals surface area contributed by atoms with Crippen molar-refractivity contribution in [2.24, 2.45) is 0 Å². The Morgan fingerprint density at radius 1 is 1.29 bits per heavy atom. The van der Waals surface area contributed by atoms with Crippen LogP contribution in [0.15, 0.2) is 33.7 Å². The maximum absolute atomic E-state index is 12.3. The highest BCUT2D eigenvalue weighted by atomic mass is 32.2. The van der Waals surface area contributed by atoms with Gasteiger partial charge in [-0.15, -0.1) is 0 Å². The largest absolute Gasteiger partial charge is 0.360 e. The molecule has 0 unspecified atom stereocenters. The number of aromatic nitrogens is 3. The molecule has 0 aliphatic rings. The standard InChI is InChI=1S/C13H14N4O3S/c1-8-13(9(2)20-17-8)21(18,19)14-7-12-15-10-5-3-4-6-11(10)16-12/h3-6,14H,7H2,1-2H3,(H,15,16). The molecule has 0 amide bonds. The van der Waals surface area contributed by atoms with Crippen molar-refractivity contribution in [1.29, 1.82) is 0 Å². The quantitative estimate of drug-likeness (QED) is 0.763. The number of hydrogen-bond acceptors (Lipinski definition) is 5. The van der Waals surface area contributed by atoms with Gasteiger partial charge in [-0.1, -0.05) is 17.3 Å². The van der Waals surface area contributed by atoms with Crippen molar-refractivity contribution < 1.29 is 12.9 Å². The third-order valence-corrected chi connectivity index (χ3v) is 4.75. The van der Waals surface area contributed by atoms with Crippen LogP contribution in [0.1, 0.15) is 17.3 Å². The molecule has 2 aromatic heterocycles. The monoisotopic (exact) mass is 306 g/mol. The fraction of sp³-hybridized carbons (Fsp3) is 0.231. The smallest absolute Gasteiger partial charge is 0.246 e. The van der Waals surface area contributed by atoms with Crippen molar-refractivity contribution in [2.75, 3.05) is 0 Å². The minimum atomic E-state index is -3.68. The number of para-hydroxylation sites is 2. The number of hydrogen-bond donors (Lipinski definition) is 2. The average molecular weight is 306 g/mol. The molecular formula is C13H14N4O3S. The molecular weight excluding hydrogens is 292 g/mol. The highest BCUT2D eigenvalue weighted by Gasteiger charge is 2.24. The van der Waals surface area contributed by atoms with Crippen LogP contribution in [0.2, 0.25) is 0 Å². The number of benzene rings is 1. The van der Waals surface area contributed by atoms with Gasteiger partial charge in [-0.3, -0.25) is 0 Å². The molecule has 1 aromatic carbocycles. The molecule has 0 saturated heterocycles. The summed E-state index contributed by atoms with van der Waals surface area (Å²) >= 11 is 0. The lowest BCUT2D eigenvalue weighted by molar-refractivity contribution is 0.390. The summed E-state index contributed by atoms with van der Waals surface area (Å²) in [6.45, 7) is 3.23. The van der Waals surface area contributed by atoms with E-state index in [9.17, 15) is 8.42 Å². The Bertz CT molecular complexity index is 843. The zero-order valence-electron chi connectivity index (χ0n) is 11.5. The van der Waals surface area contributed by atoms with E-state index in [1.807, 2.05) is 24.3 Å². The molecule has 21 heavy (non-hydrogen) atoms. The van der Waals surface area contributed by atoms with Gasteiger partial charge in [0.25, 0.3) is 0 Å². The van der Waals surface area contributed by atoms with Gasteiger partial charge in [0.15, 0.2) is 5.76 Å². The van der Waals surface area contributed by atoms with Gasteiger partial charge < -0.3 is 9.51 Å². The number of rotatable bonds is 4. The van der Waals surface area contributed by atoms with Gasteiger partial charge in [0.1, 0.15) is 16.4 Å². The minimum absolute atomic E-state index is 0.0705. The maximum Gasteiger partial charge on any atom is 0.246 e. The molecule has 8 heteroatoms. The van der Waals surface area contributed by atoms with E-state index >= 15 is 0 Å². The molecule has 0 radical (unpaired) electrons. The van der Waals surface area contributed by atoms with Crippen LogP contribution in [-0.2, 0) is 16.6 Å². The third kappa shape index (κ3) is 2.55. The van der Waals surface area contributed by atoms with Gasteiger partial charge in [-0.2, -0.15) is 0 Å². The molecule has 0 atom stereocenters. The zero-order valence-corrected chi connectivity index (χ0v) is 12.4. The first-order chi connectivity index (χ1) is 9.97. The summed E-state index contributed by atoms with van der Waals surface area (Å²) in [5.41, 5.74) is 2.00. The lowest BCUT2D eigenvalue weighted by atomic mass is 10.3. The molecule has 0 spiro atoms. The Morgan fingerprint density at radius 3 is 2.71 bits per heavy atom. The molecule has 0 aliphatic carbocycles. The van der Waals surface area contributed by atoms with Gasteiger partial charge in [0.05, 0.1) is 17.6 Å². The highest BCUT2D eigenvalue weighted by Crippen LogP contribution is 2.19. The normalized spacial score (nSPS) is 12.1. The van der Waals surface area contributed by atoms with Crippen LogP contribution in [0.3, 0.4) is 0 Å². The number of sulfonamides is 1. The Balaban J connectivity index is 1.84. The van der Waals surface area contributed by atoms with E-state index < -0.39 is 10.0 Å². The second-order valence-corrected chi connectivity index (χ2v) is 6.38. The lowest BCUT2D eigenvalue weighted by Gasteiger charge is -2.04. The fourth-order valence-corrected chi connectivity index (χ4v) is 3.50. The van der Waals surface area contributed by atoms with Crippen molar-refractivity contribution in [3.63, 3.8) is 0 Å². The van der Waals surface area contributed by atoms with Crippen LogP contribution in [0.25, 0.3) is 11.0 Å². The van der Waals surface area contributed by atoms with E-state index in [0.29, 0.717) is 11.5 Å². The van der Waals surface area contributed by atoms with Gasteiger partial charge in [-0.25, -0.2) is 18.1 Å². The first-order valence-electron chi connectivity index (χ1n) is 6.33. The van der Waals surface area contributed by atoms with Crippen LogP contribution in [0.4, 0.5) is 0 Å². The van der Waals surface area contributed by atoms with Crippen molar-refractivity contribution in [3.05, 3.63) is 41.5 Å². The summed E-state index contributed by atoms with van der Waals surface area (Å²) < 4.78 is 31.9. The van der Waals surface area contributed by atoms with Gasteiger partial charge >= 0.3 is 0 Å². The molecule has 0 fully saturated rings. The average Bonchev–Trinajstić information content (AvgIpc) is 3.00. The van der Waals surface area contributed by atoms with Crippen molar-refractivity contribution in [3.8, 4) is 0 Å². The zero-order chi connectivity index (χ0) is 15.0. The predicted octanol–water partition coefficient (Wildman–Crippen LogP) is 1.65. The van der Waals surface area contributed by atoms with Crippen LogP contribution < -0.4 is 4.72 Å². The van der Waals surface area contributed by atoms with Crippen LogP contribution in [0, 0.1) is 13.8 Å². The minimum Gasteiger partial charge on any atom is -0.360 e. The second-order valence-electron chi connectivity index (χ2n) is 4.68. The molecule has 0 bridgehead atoms. The lowest BCUT2D eigenvalue weighted by Crippen LogP contribution is -2.24.